The number of aromatic nitrogens is 2. The number of furan rings is 1. The molecule has 1 aromatic carbocycles. The molecule has 0 amide bonds. The second kappa shape index (κ2) is 5.87. The lowest BCUT2D eigenvalue weighted by atomic mass is 9.97. The summed E-state index contributed by atoms with van der Waals surface area (Å²) in [6.45, 7) is 6.25. The molecule has 0 aliphatic rings. The molecule has 0 saturated carbocycles. The van der Waals surface area contributed by atoms with E-state index in [4.69, 9.17) is 4.42 Å². The van der Waals surface area contributed by atoms with Crippen molar-refractivity contribution in [1.29, 1.82) is 0 Å². The SMILES string of the molecule is Cc1ccc2c(oc3nc(F)cc(F)c32)c1-c1cc(C(C)C)cc[n+]1C. The number of hydrogen-bond acceptors (Lipinski definition) is 2. The predicted molar refractivity (Wildman–Crippen MR) is 96.9 cm³/mol. The summed E-state index contributed by atoms with van der Waals surface area (Å²) in [7, 11) is 1.96. The van der Waals surface area contributed by atoms with Crippen LogP contribution >= 0.6 is 0 Å². The standard InChI is InChI=1S/C21H19F2N2O/c1-11(2)13-7-8-25(4)16(9-13)18-12(3)5-6-14-19-15(22)10-17(23)24-21(19)26-20(14)18/h5-11H,1-4H3/q+1. The molecule has 0 unspecified atom stereocenters. The second-order valence-electron chi connectivity index (χ2n) is 6.95. The molecule has 3 aromatic heterocycles. The van der Waals surface area contributed by atoms with E-state index in [1.54, 1.807) is 6.07 Å². The molecule has 0 N–H and O–H groups in total. The third kappa shape index (κ3) is 2.46. The Morgan fingerprint density at radius 2 is 1.88 bits per heavy atom. The lowest BCUT2D eigenvalue weighted by molar-refractivity contribution is -0.660. The minimum absolute atomic E-state index is 0.0213. The van der Waals surface area contributed by atoms with Gasteiger partial charge >= 0.3 is 0 Å². The first-order valence-corrected chi connectivity index (χ1v) is 8.54. The van der Waals surface area contributed by atoms with E-state index in [2.05, 4.69) is 31.0 Å². The van der Waals surface area contributed by atoms with Crippen molar-refractivity contribution < 1.29 is 17.8 Å². The quantitative estimate of drug-likeness (QED) is 0.367. The van der Waals surface area contributed by atoms with Gasteiger partial charge in [0.2, 0.25) is 17.4 Å². The number of benzene rings is 1. The van der Waals surface area contributed by atoms with E-state index in [-0.39, 0.29) is 11.1 Å². The van der Waals surface area contributed by atoms with Gasteiger partial charge in [0.25, 0.3) is 0 Å². The Morgan fingerprint density at radius 3 is 2.62 bits per heavy atom. The van der Waals surface area contributed by atoms with Crippen LogP contribution in [0, 0.1) is 18.7 Å². The molecule has 0 radical (unpaired) electrons. The maximum absolute atomic E-state index is 14.3. The van der Waals surface area contributed by atoms with Crippen LogP contribution in [0.15, 0.2) is 40.9 Å². The van der Waals surface area contributed by atoms with E-state index in [0.29, 0.717) is 16.9 Å². The Balaban J connectivity index is 2.12. The van der Waals surface area contributed by atoms with E-state index >= 15 is 0 Å². The van der Waals surface area contributed by atoms with Crippen LogP contribution in [0.1, 0.15) is 30.9 Å². The number of halogens is 2. The Kier molecular flexibility index (Phi) is 3.75. The average molecular weight is 353 g/mol. The number of rotatable bonds is 2. The summed E-state index contributed by atoms with van der Waals surface area (Å²) in [4.78, 5) is 3.73. The van der Waals surface area contributed by atoms with Gasteiger partial charge < -0.3 is 4.42 Å². The summed E-state index contributed by atoms with van der Waals surface area (Å²) in [6, 6.07) is 8.71. The van der Waals surface area contributed by atoms with Gasteiger partial charge in [0.15, 0.2) is 11.8 Å². The smallest absolute Gasteiger partial charge is 0.232 e. The number of nitrogens with zero attached hydrogens (tertiary/aromatic N) is 2. The van der Waals surface area contributed by atoms with Gasteiger partial charge in [-0.05, 0) is 24.0 Å². The van der Waals surface area contributed by atoms with Gasteiger partial charge in [0.1, 0.15) is 12.9 Å². The van der Waals surface area contributed by atoms with Gasteiger partial charge in [-0.1, -0.05) is 26.0 Å². The van der Waals surface area contributed by atoms with Crippen LogP contribution in [-0.4, -0.2) is 4.98 Å². The fourth-order valence-electron chi connectivity index (χ4n) is 3.37. The third-order valence-electron chi connectivity index (χ3n) is 4.84. The number of fused-ring (bicyclic) bond motifs is 3. The Morgan fingerprint density at radius 1 is 1.12 bits per heavy atom. The van der Waals surface area contributed by atoms with Gasteiger partial charge in [-0.3, -0.25) is 0 Å². The molecule has 0 aliphatic heterocycles. The zero-order valence-corrected chi connectivity index (χ0v) is 15.1. The minimum atomic E-state index is -0.889. The molecule has 4 aromatic rings. The van der Waals surface area contributed by atoms with Crippen molar-refractivity contribution in [3.05, 3.63) is 59.4 Å². The second-order valence-corrected chi connectivity index (χ2v) is 6.95. The van der Waals surface area contributed by atoms with Crippen LogP contribution < -0.4 is 4.57 Å². The van der Waals surface area contributed by atoms with Gasteiger partial charge in [-0.2, -0.15) is 9.37 Å². The summed E-state index contributed by atoms with van der Waals surface area (Å²) in [6.07, 6.45) is 2.00. The van der Waals surface area contributed by atoms with Gasteiger partial charge in [0, 0.05) is 23.6 Å². The van der Waals surface area contributed by atoms with Crippen molar-refractivity contribution in [1.82, 2.24) is 4.98 Å². The first-order chi connectivity index (χ1) is 12.4. The first kappa shape index (κ1) is 16.6. The fraction of sp³-hybridized carbons (Fsp3) is 0.238. The molecule has 132 valence electrons. The van der Waals surface area contributed by atoms with Gasteiger partial charge in [-0.25, -0.2) is 8.96 Å². The monoisotopic (exact) mass is 353 g/mol. The highest BCUT2D eigenvalue weighted by Gasteiger charge is 2.23. The summed E-state index contributed by atoms with van der Waals surface area (Å²) in [5.74, 6) is -1.18. The highest BCUT2D eigenvalue weighted by Crippen LogP contribution is 2.37. The summed E-state index contributed by atoms with van der Waals surface area (Å²) >= 11 is 0. The van der Waals surface area contributed by atoms with E-state index in [1.165, 1.54) is 5.56 Å². The molecule has 5 heteroatoms. The molecule has 0 atom stereocenters. The summed E-state index contributed by atoms with van der Waals surface area (Å²) in [5.41, 5.74) is 4.51. The Labute approximate surface area is 149 Å². The van der Waals surface area contributed by atoms with Crippen LogP contribution in [-0.2, 0) is 7.05 Å². The first-order valence-electron chi connectivity index (χ1n) is 8.54. The average Bonchev–Trinajstić information content (AvgIpc) is 2.93. The zero-order valence-electron chi connectivity index (χ0n) is 15.1. The molecule has 0 saturated heterocycles. The number of hydrogen-bond donors (Lipinski definition) is 0. The summed E-state index contributed by atoms with van der Waals surface area (Å²) in [5, 5.41) is 0.811. The Bertz CT molecular complexity index is 1160. The van der Waals surface area contributed by atoms with E-state index < -0.39 is 11.8 Å². The normalized spacial score (nSPS) is 11.8. The van der Waals surface area contributed by atoms with Crippen LogP contribution in [0.5, 0.6) is 0 Å². The molecule has 3 nitrogen and oxygen atoms in total. The van der Waals surface area contributed by atoms with Crippen molar-refractivity contribution in [2.75, 3.05) is 0 Å². The lowest BCUT2D eigenvalue weighted by Gasteiger charge is -2.09. The van der Waals surface area contributed by atoms with Crippen LogP contribution in [0.4, 0.5) is 8.78 Å². The molecule has 0 bridgehead atoms. The van der Waals surface area contributed by atoms with Crippen LogP contribution in [0.2, 0.25) is 0 Å². The van der Waals surface area contributed by atoms with Crippen LogP contribution in [0.3, 0.4) is 0 Å². The largest absolute Gasteiger partial charge is 0.437 e. The van der Waals surface area contributed by atoms with E-state index in [9.17, 15) is 8.78 Å². The minimum Gasteiger partial charge on any atom is -0.437 e. The molecule has 0 aliphatic carbocycles. The van der Waals surface area contributed by atoms with Crippen molar-refractivity contribution in [3.8, 4) is 11.3 Å². The van der Waals surface area contributed by atoms with Gasteiger partial charge in [-0.15, -0.1) is 0 Å². The van der Waals surface area contributed by atoms with Crippen molar-refractivity contribution in [3.63, 3.8) is 0 Å². The molecule has 0 fully saturated rings. The number of pyridine rings is 2. The topological polar surface area (TPSA) is 29.9 Å². The highest BCUT2D eigenvalue weighted by atomic mass is 19.1. The van der Waals surface area contributed by atoms with Gasteiger partial charge in [0.05, 0.1) is 10.9 Å². The highest BCUT2D eigenvalue weighted by molar-refractivity contribution is 6.09. The van der Waals surface area contributed by atoms with Crippen LogP contribution in [0.25, 0.3) is 33.3 Å². The summed E-state index contributed by atoms with van der Waals surface area (Å²) < 4.78 is 35.7. The third-order valence-corrected chi connectivity index (χ3v) is 4.84. The maximum Gasteiger partial charge on any atom is 0.232 e. The predicted octanol–water partition coefficient (Wildman–Crippen LogP) is 5.18. The molecule has 0 spiro atoms. The Hall–Kier alpha value is -2.82. The van der Waals surface area contributed by atoms with E-state index in [1.807, 2.05) is 30.8 Å². The molecular weight excluding hydrogens is 334 g/mol. The molecule has 26 heavy (non-hydrogen) atoms. The van der Waals surface area contributed by atoms with Crippen molar-refractivity contribution >= 4 is 22.1 Å². The van der Waals surface area contributed by atoms with Crippen molar-refractivity contribution in [2.24, 2.45) is 7.05 Å². The van der Waals surface area contributed by atoms with E-state index in [0.717, 1.165) is 22.9 Å². The van der Waals surface area contributed by atoms with Crippen molar-refractivity contribution in [2.45, 2.75) is 26.7 Å². The molecule has 3 heterocycles. The fourth-order valence-corrected chi connectivity index (χ4v) is 3.37. The zero-order chi connectivity index (χ0) is 18.6. The molecule has 4 rings (SSSR count). The molecular formula is C21H19F2N2O+. The lowest BCUT2D eigenvalue weighted by Crippen LogP contribution is -2.31. The number of aryl methyl sites for hydroxylation is 2. The maximum atomic E-state index is 14.3.